The number of rotatable bonds is 8. The van der Waals surface area contributed by atoms with Gasteiger partial charge in [0.25, 0.3) is 0 Å². The Kier molecular flexibility index (Phi) is 11.4. The third-order valence-electron chi connectivity index (χ3n) is 3.07. The van der Waals surface area contributed by atoms with Crippen molar-refractivity contribution in [2.24, 2.45) is 0 Å². The zero-order valence-electron chi connectivity index (χ0n) is 15.4. The Morgan fingerprint density at radius 2 is 1.85 bits per heavy atom. The second kappa shape index (κ2) is 12.1. The van der Waals surface area contributed by atoms with Crippen LogP contribution < -0.4 is 5.73 Å². The lowest BCUT2D eigenvalue weighted by Gasteiger charge is -2.20. The van der Waals surface area contributed by atoms with Crippen molar-refractivity contribution in [1.82, 2.24) is 4.31 Å². The second-order valence-electron chi connectivity index (χ2n) is 5.59. The predicted molar refractivity (Wildman–Crippen MR) is 101 cm³/mol. The minimum Gasteiger partial charge on any atom is -0.398 e. The first-order chi connectivity index (χ1) is 12.0. The van der Waals surface area contributed by atoms with Gasteiger partial charge in [-0.05, 0) is 38.8 Å². The highest BCUT2D eigenvalue weighted by Crippen LogP contribution is 2.13. The first-order valence-electron chi connectivity index (χ1n) is 7.87. The third kappa shape index (κ3) is 9.35. The molecule has 10 heteroatoms. The molecule has 150 valence electrons. The molecule has 3 N–H and O–H groups in total. The van der Waals surface area contributed by atoms with E-state index in [4.69, 9.17) is 27.2 Å². The maximum atomic E-state index is 11.5. The predicted octanol–water partition coefficient (Wildman–Crippen LogP) is 1.58. The van der Waals surface area contributed by atoms with E-state index in [1.807, 2.05) is 32.0 Å². The van der Waals surface area contributed by atoms with Crippen molar-refractivity contribution in [1.29, 1.82) is 0 Å². The van der Waals surface area contributed by atoms with E-state index in [1.54, 1.807) is 13.8 Å². The number of carbonyl (C=O) groups is 1. The number of hydrogen-bond donors (Lipinski definition) is 2. The smallest absolute Gasteiger partial charge is 0.389 e. The van der Waals surface area contributed by atoms with Gasteiger partial charge in [-0.1, -0.05) is 18.2 Å². The van der Waals surface area contributed by atoms with Crippen molar-refractivity contribution in [2.45, 2.75) is 33.8 Å². The van der Waals surface area contributed by atoms with Crippen LogP contribution in [0.15, 0.2) is 18.2 Å². The average Bonchev–Trinajstić information content (AvgIpc) is 2.56. The lowest BCUT2D eigenvalue weighted by molar-refractivity contribution is -0.137. The Balaban J connectivity index is 0.000000577. The summed E-state index contributed by atoms with van der Waals surface area (Å²) in [6.45, 7) is 6.14. The molecule has 1 aromatic carbocycles. The molecule has 0 unspecified atom stereocenters. The summed E-state index contributed by atoms with van der Waals surface area (Å²) in [4.78, 5) is 10.7. The van der Waals surface area contributed by atoms with Crippen LogP contribution in [0.25, 0.3) is 0 Å². The van der Waals surface area contributed by atoms with Gasteiger partial charge in [-0.25, -0.2) is 4.79 Å². The number of aliphatic hydroxyl groups excluding tert-OH is 1. The van der Waals surface area contributed by atoms with Crippen LogP contribution in [0.1, 0.15) is 25.0 Å². The number of benzene rings is 1. The molecule has 0 spiro atoms. The molecule has 0 radical (unpaired) electrons. The molecule has 0 aliphatic carbocycles. The van der Waals surface area contributed by atoms with Crippen molar-refractivity contribution in [3.63, 3.8) is 0 Å². The van der Waals surface area contributed by atoms with Gasteiger partial charge in [-0.2, -0.15) is 8.42 Å². The summed E-state index contributed by atoms with van der Waals surface area (Å²) in [6.07, 6.45) is -0.184. The Hall–Kier alpha value is -1.39. The molecule has 1 rings (SSSR count). The lowest BCUT2D eigenvalue weighted by Crippen LogP contribution is -2.38. The first-order valence-corrected chi connectivity index (χ1v) is 9.77. The highest BCUT2D eigenvalue weighted by atomic mass is 35.5. The number of nitrogen functional groups attached to an aromatic ring is 1. The van der Waals surface area contributed by atoms with Gasteiger partial charge in [0.15, 0.2) is 0 Å². The number of aliphatic hydroxyl groups is 1. The number of ether oxygens (including phenoxy) is 1. The molecule has 0 aromatic heterocycles. The largest absolute Gasteiger partial charge is 0.398 e. The number of nitrogens with two attached hydrogens (primary N) is 1. The molecule has 0 bridgehead atoms. The molecular weight excluding hydrogens is 384 g/mol. The highest BCUT2D eigenvalue weighted by Gasteiger charge is 2.26. The van der Waals surface area contributed by atoms with Crippen LogP contribution in [-0.2, 0) is 24.0 Å². The van der Waals surface area contributed by atoms with Crippen LogP contribution in [-0.4, -0.2) is 55.7 Å². The molecule has 0 aliphatic rings. The quantitative estimate of drug-likeness (QED) is 0.379. The number of hydrogen-bond acceptors (Lipinski definition) is 7. The summed E-state index contributed by atoms with van der Waals surface area (Å²) in [6, 6.07) is 6.05. The van der Waals surface area contributed by atoms with Crippen LogP contribution in [0, 0.1) is 13.8 Å². The van der Waals surface area contributed by atoms with Gasteiger partial charge in [-0.3, -0.25) is 0 Å². The van der Waals surface area contributed by atoms with Gasteiger partial charge in [0, 0.05) is 18.1 Å². The van der Waals surface area contributed by atoms with Crippen LogP contribution in [0.2, 0.25) is 0 Å². The fourth-order valence-electron chi connectivity index (χ4n) is 1.59. The van der Waals surface area contributed by atoms with E-state index in [-0.39, 0.29) is 25.3 Å². The molecule has 0 saturated heterocycles. The molecule has 0 heterocycles. The first kappa shape index (κ1) is 24.6. The van der Waals surface area contributed by atoms with Crippen LogP contribution in [0.4, 0.5) is 5.69 Å². The van der Waals surface area contributed by atoms with Gasteiger partial charge >= 0.3 is 16.3 Å². The van der Waals surface area contributed by atoms with Crippen LogP contribution in [0.5, 0.6) is 0 Å². The molecular formula is C16H27ClN2O6S. The van der Waals surface area contributed by atoms with E-state index in [0.29, 0.717) is 0 Å². The SMILES string of the molecule is CC(C)OCN(CCCl)S(=O)(=O)OC(=O)CO.Cc1cccc(C)c1N. The Morgan fingerprint density at radius 1 is 1.31 bits per heavy atom. The summed E-state index contributed by atoms with van der Waals surface area (Å²) < 4.78 is 33.0. The van der Waals surface area contributed by atoms with E-state index in [1.165, 1.54) is 0 Å². The van der Waals surface area contributed by atoms with Crippen LogP contribution in [0.3, 0.4) is 0 Å². The molecule has 0 aliphatic heterocycles. The third-order valence-corrected chi connectivity index (χ3v) is 4.56. The number of anilines is 1. The number of alkyl halides is 1. The number of nitrogens with zero attached hydrogens (tertiary/aromatic N) is 1. The summed E-state index contributed by atoms with van der Waals surface area (Å²) in [7, 11) is -4.28. The Labute approximate surface area is 160 Å². The van der Waals surface area contributed by atoms with E-state index in [0.717, 1.165) is 21.1 Å². The topological polar surface area (TPSA) is 119 Å². The lowest BCUT2D eigenvalue weighted by atomic mass is 10.1. The molecule has 0 fully saturated rings. The fraction of sp³-hybridized carbons (Fsp3) is 0.562. The van der Waals surface area contributed by atoms with Gasteiger partial charge in [0.2, 0.25) is 0 Å². The molecule has 26 heavy (non-hydrogen) atoms. The van der Waals surface area contributed by atoms with E-state index >= 15 is 0 Å². The number of aryl methyl sites for hydroxylation is 2. The van der Waals surface area contributed by atoms with Gasteiger partial charge < -0.3 is 19.8 Å². The second-order valence-corrected chi connectivity index (χ2v) is 7.50. The van der Waals surface area contributed by atoms with Gasteiger partial charge in [-0.15, -0.1) is 15.9 Å². The van der Waals surface area contributed by atoms with E-state index < -0.39 is 22.9 Å². The van der Waals surface area contributed by atoms with E-state index in [2.05, 4.69) is 4.18 Å². The molecule has 8 nitrogen and oxygen atoms in total. The Bertz CT molecular complexity index is 646. The number of halogens is 1. The molecule has 1 aromatic rings. The monoisotopic (exact) mass is 410 g/mol. The zero-order chi connectivity index (χ0) is 20.3. The standard InChI is InChI=1S/C8H16ClNO6S.C8H11N/c1-7(2)15-6-10(4-3-9)17(13,14)16-8(12)5-11;1-6-4-3-5-7(2)8(6)9/h7,11H,3-6H2,1-2H3;3-5H,9H2,1-2H3. The fourth-order valence-corrected chi connectivity index (χ4v) is 2.79. The zero-order valence-corrected chi connectivity index (χ0v) is 17.0. The number of para-hydroxylation sites is 1. The summed E-state index contributed by atoms with van der Waals surface area (Å²) in [5.41, 5.74) is 8.92. The average molecular weight is 411 g/mol. The minimum atomic E-state index is -4.28. The van der Waals surface area contributed by atoms with Crippen LogP contribution >= 0.6 is 11.6 Å². The maximum Gasteiger partial charge on any atom is 0.389 e. The van der Waals surface area contributed by atoms with Crippen molar-refractivity contribution in [3.05, 3.63) is 29.3 Å². The molecule has 0 amide bonds. The molecule has 0 saturated carbocycles. The maximum absolute atomic E-state index is 11.5. The summed E-state index contributed by atoms with van der Waals surface area (Å²) >= 11 is 5.44. The van der Waals surface area contributed by atoms with Crippen molar-refractivity contribution >= 4 is 33.6 Å². The molecule has 0 atom stereocenters. The summed E-state index contributed by atoms with van der Waals surface area (Å²) in [5, 5.41) is 8.41. The number of carbonyl (C=O) groups excluding carboxylic acids is 1. The minimum absolute atomic E-state index is 0.0252. The summed E-state index contributed by atoms with van der Waals surface area (Å²) in [5.74, 6) is -1.23. The van der Waals surface area contributed by atoms with Gasteiger partial charge in [0.1, 0.15) is 13.3 Å². The normalized spacial score (nSPS) is 11.2. The highest BCUT2D eigenvalue weighted by molar-refractivity contribution is 7.84. The van der Waals surface area contributed by atoms with Crippen molar-refractivity contribution < 1.29 is 27.2 Å². The Morgan fingerprint density at radius 3 is 2.23 bits per heavy atom. The van der Waals surface area contributed by atoms with E-state index in [9.17, 15) is 13.2 Å². The van der Waals surface area contributed by atoms with Crippen molar-refractivity contribution in [2.75, 3.05) is 31.5 Å². The van der Waals surface area contributed by atoms with Crippen molar-refractivity contribution in [3.8, 4) is 0 Å². The van der Waals surface area contributed by atoms with Gasteiger partial charge in [0.05, 0.1) is 6.10 Å².